The monoisotopic (exact) mass is 852 g/mol. The molecule has 10 aromatic carbocycles. The van der Waals surface area contributed by atoms with Crippen LogP contribution in [0.4, 0.5) is 0 Å². The summed E-state index contributed by atoms with van der Waals surface area (Å²) >= 11 is 0. The van der Waals surface area contributed by atoms with Gasteiger partial charge in [0.1, 0.15) is 11.5 Å². The third kappa shape index (κ3) is 4.31. The summed E-state index contributed by atoms with van der Waals surface area (Å²) in [5.41, 5.74) is 22.6. The highest BCUT2D eigenvalue weighted by Gasteiger charge is 2.53. The molecule has 2 aliphatic carbocycles. The molecule has 0 amide bonds. The minimum absolute atomic E-state index is 0.0470. The highest BCUT2D eigenvalue weighted by atomic mass is 16.5. The van der Waals surface area contributed by atoms with Gasteiger partial charge in [-0.1, -0.05) is 160 Å². The van der Waals surface area contributed by atoms with Crippen molar-refractivity contribution in [2.24, 2.45) is 0 Å². The zero-order valence-electron chi connectivity index (χ0n) is 37.4. The summed E-state index contributed by atoms with van der Waals surface area (Å²) in [5, 5.41) is 7.62. The van der Waals surface area contributed by atoms with Crippen LogP contribution in [0.15, 0.2) is 194 Å². The first-order chi connectivity index (χ1) is 32.9. The van der Waals surface area contributed by atoms with Crippen LogP contribution in [0, 0.1) is 0 Å². The van der Waals surface area contributed by atoms with E-state index in [1.165, 1.54) is 132 Å². The maximum atomic E-state index is 7.27. The molecule has 312 valence electrons. The Kier molecular flexibility index (Phi) is 6.60. The number of ether oxygens (including phenoxy) is 1. The molecule has 67 heavy (non-hydrogen) atoms. The first-order valence-electron chi connectivity index (χ1n) is 23.7. The van der Waals surface area contributed by atoms with E-state index in [0.717, 1.165) is 11.5 Å². The lowest BCUT2D eigenvalue weighted by Crippen LogP contribution is -2.58. The predicted molar refractivity (Wildman–Crippen MR) is 279 cm³/mol. The number of para-hydroxylation sites is 2. The van der Waals surface area contributed by atoms with E-state index in [1.54, 1.807) is 0 Å². The third-order valence-electron chi connectivity index (χ3n) is 16.1. The minimum Gasteiger partial charge on any atom is -0.458 e. The van der Waals surface area contributed by atoms with Crippen molar-refractivity contribution >= 4 is 77.5 Å². The predicted octanol–water partition coefficient (Wildman–Crippen LogP) is 13.6. The smallest absolute Gasteiger partial charge is 0.256 e. The normalized spacial score (nSPS) is 14.4. The van der Waals surface area contributed by atoms with Gasteiger partial charge in [-0.25, -0.2) is 0 Å². The second kappa shape index (κ2) is 12.2. The first kappa shape index (κ1) is 36.2. The molecule has 0 saturated carbocycles. The van der Waals surface area contributed by atoms with Crippen molar-refractivity contribution in [1.82, 2.24) is 9.13 Å². The fourth-order valence-electron chi connectivity index (χ4n) is 13.4. The van der Waals surface area contributed by atoms with E-state index in [0.29, 0.717) is 0 Å². The molecule has 0 atom stereocenters. The number of benzene rings is 10. The van der Waals surface area contributed by atoms with Gasteiger partial charge in [0, 0.05) is 32.9 Å². The van der Waals surface area contributed by atoms with Gasteiger partial charge in [0.15, 0.2) is 0 Å². The standard InChI is InChI=1S/C63H41BN2O/c1-62(2,3)37-27-29-38(30-28-37)65-53-23-12-7-18-42(53)46-31-36-32-52-61-59(44(36)34-56(46)65)43-19-8-13-24-54(43)66(61)55-25-14-26-57-60(55)64(52)51-33-45-41-17-6-11-22-49(41)63(50(45)35-58(51)67-57)47-20-9-4-15-39(47)40-16-5-10-21-48(40)63/h4-35H,1-3H3. The summed E-state index contributed by atoms with van der Waals surface area (Å²) in [6.07, 6.45) is 0. The number of rotatable bonds is 1. The molecule has 2 aliphatic heterocycles. The number of nitrogens with zero attached hydrogens (tertiary/aromatic N) is 2. The summed E-state index contributed by atoms with van der Waals surface area (Å²) < 4.78 is 12.3. The van der Waals surface area contributed by atoms with Gasteiger partial charge in [-0.2, -0.15) is 0 Å². The number of fused-ring (bicyclic) bond motifs is 22. The van der Waals surface area contributed by atoms with Crippen molar-refractivity contribution in [2.45, 2.75) is 31.6 Å². The van der Waals surface area contributed by atoms with Gasteiger partial charge in [0.25, 0.3) is 6.71 Å². The average Bonchev–Trinajstić information content (AvgIpc) is 4.06. The number of hydrogen-bond donors (Lipinski definition) is 0. The van der Waals surface area contributed by atoms with Gasteiger partial charge in [-0.15, -0.1) is 0 Å². The van der Waals surface area contributed by atoms with Crippen molar-refractivity contribution in [3.8, 4) is 45.1 Å². The molecule has 2 aromatic heterocycles. The molecular formula is C63H41BN2O. The second-order valence-electron chi connectivity index (χ2n) is 20.3. The van der Waals surface area contributed by atoms with Crippen LogP contribution >= 0.6 is 0 Å². The van der Waals surface area contributed by atoms with E-state index >= 15 is 0 Å². The molecule has 0 radical (unpaired) electrons. The average molecular weight is 853 g/mol. The van der Waals surface area contributed by atoms with Crippen molar-refractivity contribution in [1.29, 1.82) is 0 Å². The van der Waals surface area contributed by atoms with Gasteiger partial charge in [-0.3, -0.25) is 0 Å². The van der Waals surface area contributed by atoms with Crippen LogP contribution in [0.25, 0.3) is 88.0 Å². The number of aromatic nitrogens is 2. The quantitative estimate of drug-likeness (QED) is 0.151. The lowest BCUT2D eigenvalue weighted by molar-refractivity contribution is 0.486. The van der Waals surface area contributed by atoms with E-state index in [4.69, 9.17) is 4.74 Å². The summed E-state index contributed by atoms with van der Waals surface area (Å²) in [4.78, 5) is 0. The fourth-order valence-corrected chi connectivity index (χ4v) is 13.4. The Morgan fingerprint density at radius 3 is 1.78 bits per heavy atom. The molecule has 1 spiro atoms. The van der Waals surface area contributed by atoms with Gasteiger partial charge in [0.2, 0.25) is 0 Å². The van der Waals surface area contributed by atoms with Gasteiger partial charge in [-0.05, 0) is 137 Å². The molecule has 3 nitrogen and oxygen atoms in total. The second-order valence-corrected chi connectivity index (χ2v) is 20.3. The molecule has 12 aromatic rings. The van der Waals surface area contributed by atoms with E-state index in [9.17, 15) is 0 Å². The Morgan fingerprint density at radius 2 is 1.07 bits per heavy atom. The maximum absolute atomic E-state index is 7.27. The van der Waals surface area contributed by atoms with E-state index in [2.05, 4.69) is 224 Å². The Morgan fingerprint density at radius 1 is 0.448 bits per heavy atom. The number of hydrogen-bond acceptors (Lipinski definition) is 1. The Balaban J connectivity index is 1.00. The molecule has 0 bridgehead atoms. The zero-order chi connectivity index (χ0) is 44.1. The Hall–Kier alpha value is -8.08. The van der Waals surface area contributed by atoms with Crippen LogP contribution in [0.1, 0.15) is 48.6 Å². The van der Waals surface area contributed by atoms with Crippen LogP contribution in [0.2, 0.25) is 0 Å². The lowest BCUT2D eigenvalue weighted by atomic mass is 9.34. The third-order valence-corrected chi connectivity index (χ3v) is 16.1. The molecule has 0 N–H and O–H groups in total. The van der Waals surface area contributed by atoms with Crippen molar-refractivity contribution in [2.75, 3.05) is 0 Å². The maximum Gasteiger partial charge on any atom is 0.256 e. The molecule has 0 unspecified atom stereocenters. The van der Waals surface area contributed by atoms with Gasteiger partial charge < -0.3 is 13.9 Å². The highest BCUT2D eigenvalue weighted by molar-refractivity contribution is 6.99. The van der Waals surface area contributed by atoms with Gasteiger partial charge >= 0.3 is 0 Å². The SMILES string of the molecule is CC(C)(C)c1ccc(-n2c3ccccc3c3cc4cc5c6c(c4cc32)c2ccccc2n6-c2cccc3c2B5c2cc4c(cc2O3)C2(c3ccccc3-c3ccccc32)c2ccccc2-4)cc1. The minimum atomic E-state index is -0.450. The topological polar surface area (TPSA) is 19.1 Å². The van der Waals surface area contributed by atoms with E-state index in [1.807, 2.05) is 0 Å². The van der Waals surface area contributed by atoms with Crippen molar-refractivity contribution < 1.29 is 4.74 Å². The summed E-state index contributed by atoms with van der Waals surface area (Å²) in [7, 11) is 0. The summed E-state index contributed by atoms with van der Waals surface area (Å²) in [6, 6.07) is 73.5. The van der Waals surface area contributed by atoms with Crippen LogP contribution in [-0.2, 0) is 10.8 Å². The molecule has 4 heteroatoms. The van der Waals surface area contributed by atoms with E-state index < -0.39 is 5.41 Å². The Bertz CT molecular complexity index is 4190. The van der Waals surface area contributed by atoms with E-state index in [-0.39, 0.29) is 12.1 Å². The first-order valence-corrected chi connectivity index (χ1v) is 23.7. The molecule has 0 saturated heterocycles. The van der Waals surface area contributed by atoms with Crippen LogP contribution in [0.3, 0.4) is 0 Å². The van der Waals surface area contributed by atoms with Crippen LogP contribution in [-0.4, -0.2) is 15.8 Å². The fraction of sp³-hybridized carbons (Fsp3) is 0.0794. The molecule has 0 fully saturated rings. The van der Waals surface area contributed by atoms with Crippen molar-refractivity contribution in [3.63, 3.8) is 0 Å². The Labute approximate surface area is 388 Å². The highest BCUT2D eigenvalue weighted by Crippen LogP contribution is 2.63. The van der Waals surface area contributed by atoms with Crippen LogP contribution < -0.4 is 21.1 Å². The molecule has 4 heterocycles. The molecule has 16 rings (SSSR count). The van der Waals surface area contributed by atoms with Gasteiger partial charge in [0.05, 0.1) is 27.5 Å². The summed E-state index contributed by atoms with van der Waals surface area (Å²) in [5.74, 6) is 1.87. The van der Waals surface area contributed by atoms with Crippen LogP contribution in [0.5, 0.6) is 11.5 Å². The van der Waals surface area contributed by atoms with Crippen molar-refractivity contribution in [3.05, 3.63) is 222 Å². The summed E-state index contributed by atoms with van der Waals surface area (Å²) in [6.45, 7) is 6.81. The lowest BCUT2D eigenvalue weighted by Gasteiger charge is -2.35. The zero-order valence-corrected chi connectivity index (χ0v) is 37.4. The molecular weight excluding hydrogens is 812 g/mol. The molecule has 4 aliphatic rings. The largest absolute Gasteiger partial charge is 0.458 e.